The monoisotopic (exact) mass is 238 g/mol. The molecule has 96 valence electrons. The maximum absolute atomic E-state index is 11.6. The molecule has 17 heavy (non-hydrogen) atoms. The van der Waals surface area contributed by atoms with Gasteiger partial charge >= 0.3 is 6.09 Å². The molecule has 1 amide bonds. The molecule has 1 saturated heterocycles. The first-order valence-corrected chi connectivity index (χ1v) is 6.05. The number of rotatable bonds is 3. The van der Waals surface area contributed by atoms with E-state index in [1.165, 1.54) is 0 Å². The number of terminal acetylenes is 1. The fraction of sp³-hybridized carbons (Fsp3) is 0.769. The van der Waals surface area contributed by atoms with Crippen LogP contribution in [0.4, 0.5) is 4.79 Å². The van der Waals surface area contributed by atoms with E-state index in [9.17, 15) is 4.79 Å². The highest BCUT2D eigenvalue weighted by Crippen LogP contribution is 2.15. The van der Waals surface area contributed by atoms with Crippen LogP contribution in [-0.2, 0) is 4.74 Å². The molecule has 0 radical (unpaired) electrons. The predicted octanol–water partition coefficient (Wildman–Crippen LogP) is 1.61. The van der Waals surface area contributed by atoms with Gasteiger partial charge in [0, 0.05) is 19.1 Å². The van der Waals surface area contributed by atoms with Gasteiger partial charge in [0.1, 0.15) is 5.60 Å². The number of ether oxygens (including phenoxy) is 1. The average molecular weight is 238 g/mol. The van der Waals surface area contributed by atoms with Gasteiger partial charge in [-0.2, -0.15) is 0 Å². The fourth-order valence-corrected chi connectivity index (χ4v) is 1.63. The van der Waals surface area contributed by atoms with Crippen LogP contribution < -0.4 is 5.32 Å². The molecule has 1 heterocycles. The SMILES string of the molecule is C#CC(CC)NC1CN(C(=O)OC(C)(C)C)C1. The number of likely N-dealkylation sites (tertiary alicyclic amines) is 1. The number of nitrogens with zero attached hydrogens (tertiary/aromatic N) is 1. The van der Waals surface area contributed by atoms with Gasteiger partial charge in [0.05, 0.1) is 6.04 Å². The summed E-state index contributed by atoms with van der Waals surface area (Å²) < 4.78 is 5.27. The second kappa shape index (κ2) is 5.42. The van der Waals surface area contributed by atoms with Gasteiger partial charge in [0.15, 0.2) is 0 Å². The van der Waals surface area contributed by atoms with E-state index >= 15 is 0 Å². The Kier molecular flexibility index (Phi) is 4.41. The number of carbonyl (C=O) groups excluding carboxylic acids is 1. The van der Waals surface area contributed by atoms with Crippen LogP contribution in [0.5, 0.6) is 0 Å². The smallest absolute Gasteiger partial charge is 0.410 e. The van der Waals surface area contributed by atoms with Crippen molar-refractivity contribution in [2.75, 3.05) is 13.1 Å². The first-order valence-electron chi connectivity index (χ1n) is 6.05. The second-order valence-corrected chi connectivity index (χ2v) is 5.38. The summed E-state index contributed by atoms with van der Waals surface area (Å²) in [6.45, 7) is 8.99. The molecule has 4 heteroatoms. The number of nitrogens with one attached hydrogen (secondary N) is 1. The van der Waals surface area contributed by atoms with E-state index < -0.39 is 5.60 Å². The largest absolute Gasteiger partial charge is 0.444 e. The molecule has 0 aliphatic carbocycles. The van der Waals surface area contributed by atoms with E-state index in [1.807, 2.05) is 27.7 Å². The first kappa shape index (κ1) is 13.9. The highest BCUT2D eigenvalue weighted by molar-refractivity contribution is 5.69. The van der Waals surface area contributed by atoms with E-state index in [0.717, 1.165) is 6.42 Å². The Balaban J connectivity index is 2.28. The highest BCUT2D eigenvalue weighted by atomic mass is 16.6. The third kappa shape index (κ3) is 4.27. The molecule has 1 fully saturated rings. The Hall–Kier alpha value is -1.21. The van der Waals surface area contributed by atoms with Crippen LogP contribution >= 0.6 is 0 Å². The van der Waals surface area contributed by atoms with Crippen molar-refractivity contribution in [2.45, 2.75) is 51.8 Å². The van der Waals surface area contributed by atoms with E-state index in [-0.39, 0.29) is 12.1 Å². The van der Waals surface area contributed by atoms with Crippen molar-refractivity contribution in [2.24, 2.45) is 0 Å². The van der Waals surface area contributed by atoms with Gasteiger partial charge in [-0.05, 0) is 27.2 Å². The zero-order valence-corrected chi connectivity index (χ0v) is 11.1. The summed E-state index contributed by atoms with van der Waals surface area (Å²) in [5.74, 6) is 2.69. The maximum Gasteiger partial charge on any atom is 0.410 e. The molecule has 0 bridgehead atoms. The van der Waals surface area contributed by atoms with Gasteiger partial charge in [0.2, 0.25) is 0 Å². The standard InChI is InChI=1S/C13H22N2O2/c1-6-10(7-2)14-11-8-15(9-11)12(16)17-13(3,4)5/h1,10-11,14H,7-9H2,2-5H3. The second-order valence-electron chi connectivity index (χ2n) is 5.38. The van der Waals surface area contributed by atoms with Crippen LogP contribution in [0.1, 0.15) is 34.1 Å². The fourth-order valence-electron chi connectivity index (χ4n) is 1.63. The summed E-state index contributed by atoms with van der Waals surface area (Å²) in [5.41, 5.74) is -0.430. The van der Waals surface area contributed by atoms with Crippen LogP contribution in [0.2, 0.25) is 0 Å². The molecule has 1 rings (SSSR count). The Morgan fingerprint density at radius 1 is 1.59 bits per heavy atom. The number of hydrogen-bond acceptors (Lipinski definition) is 3. The van der Waals surface area contributed by atoms with Gasteiger partial charge < -0.3 is 9.64 Å². The summed E-state index contributed by atoms with van der Waals surface area (Å²) >= 11 is 0. The van der Waals surface area contributed by atoms with Crippen molar-refractivity contribution in [3.05, 3.63) is 0 Å². The highest BCUT2D eigenvalue weighted by Gasteiger charge is 2.34. The van der Waals surface area contributed by atoms with E-state index in [0.29, 0.717) is 19.1 Å². The number of carbonyl (C=O) groups is 1. The van der Waals surface area contributed by atoms with Gasteiger partial charge in [-0.15, -0.1) is 6.42 Å². The Bertz CT molecular complexity index is 308. The normalized spacial score (nSPS) is 18.2. The molecular weight excluding hydrogens is 216 g/mol. The van der Waals surface area contributed by atoms with Crippen molar-refractivity contribution >= 4 is 6.09 Å². The zero-order chi connectivity index (χ0) is 13.1. The molecule has 0 saturated carbocycles. The third-order valence-corrected chi connectivity index (χ3v) is 2.58. The van der Waals surface area contributed by atoms with Gasteiger partial charge in [-0.1, -0.05) is 12.8 Å². The lowest BCUT2D eigenvalue weighted by Gasteiger charge is -2.41. The van der Waals surface area contributed by atoms with Crippen molar-refractivity contribution < 1.29 is 9.53 Å². The Morgan fingerprint density at radius 3 is 2.59 bits per heavy atom. The van der Waals surface area contributed by atoms with Crippen molar-refractivity contribution in [1.29, 1.82) is 0 Å². The minimum absolute atomic E-state index is 0.0980. The molecule has 1 N–H and O–H groups in total. The molecule has 0 spiro atoms. The van der Waals surface area contributed by atoms with Gasteiger partial charge in [-0.3, -0.25) is 5.32 Å². The topological polar surface area (TPSA) is 41.6 Å². The molecule has 1 aliphatic rings. The molecular formula is C13H22N2O2. The molecule has 1 aliphatic heterocycles. The zero-order valence-electron chi connectivity index (χ0n) is 11.1. The predicted molar refractivity (Wildman–Crippen MR) is 67.6 cm³/mol. The van der Waals surface area contributed by atoms with Crippen molar-refractivity contribution in [3.63, 3.8) is 0 Å². The molecule has 1 unspecified atom stereocenters. The van der Waals surface area contributed by atoms with E-state index in [2.05, 4.69) is 11.2 Å². The first-order chi connectivity index (χ1) is 7.85. The summed E-state index contributed by atoms with van der Waals surface area (Å²) in [5, 5.41) is 3.31. The van der Waals surface area contributed by atoms with Crippen LogP contribution in [0.25, 0.3) is 0 Å². The van der Waals surface area contributed by atoms with E-state index in [1.54, 1.807) is 4.90 Å². The summed E-state index contributed by atoms with van der Waals surface area (Å²) in [7, 11) is 0. The van der Waals surface area contributed by atoms with Crippen molar-refractivity contribution in [1.82, 2.24) is 10.2 Å². The minimum Gasteiger partial charge on any atom is -0.444 e. The summed E-state index contributed by atoms with van der Waals surface area (Å²) in [6, 6.07) is 0.393. The lowest BCUT2D eigenvalue weighted by atomic mass is 10.1. The van der Waals surface area contributed by atoms with Crippen LogP contribution in [0.3, 0.4) is 0 Å². The lowest BCUT2D eigenvalue weighted by Crippen LogP contribution is -2.62. The average Bonchev–Trinajstić information content (AvgIpc) is 2.13. The van der Waals surface area contributed by atoms with Crippen LogP contribution in [0, 0.1) is 12.3 Å². The maximum atomic E-state index is 11.6. The Labute approximate surface area is 104 Å². The van der Waals surface area contributed by atoms with Gasteiger partial charge in [0.25, 0.3) is 0 Å². The number of hydrogen-bond donors (Lipinski definition) is 1. The van der Waals surface area contributed by atoms with E-state index in [4.69, 9.17) is 11.2 Å². The lowest BCUT2D eigenvalue weighted by molar-refractivity contribution is 0.00475. The van der Waals surface area contributed by atoms with Crippen molar-refractivity contribution in [3.8, 4) is 12.3 Å². The molecule has 4 nitrogen and oxygen atoms in total. The van der Waals surface area contributed by atoms with Crippen LogP contribution in [-0.4, -0.2) is 41.8 Å². The van der Waals surface area contributed by atoms with Gasteiger partial charge in [-0.25, -0.2) is 4.79 Å². The third-order valence-electron chi connectivity index (χ3n) is 2.58. The molecule has 0 aromatic carbocycles. The number of amides is 1. The quantitative estimate of drug-likeness (QED) is 0.759. The molecule has 0 aromatic heterocycles. The summed E-state index contributed by atoms with van der Waals surface area (Å²) in [6.07, 6.45) is 6.03. The van der Waals surface area contributed by atoms with Crippen LogP contribution in [0.15, 0.2) is 0 Å². The molecule has 0 aromatic rings. The summed E-state index contributed by atoms with van der Waals surface area (Å²) in [4.78, 5) is 13.3. The Morgan fingerprint density at radius 2 is 2.18 bits per heavy atom. The molecule has 1 atom stereocenters. The minimum atomic E-state index is -0.430.